The van der Waals surface area contributed by atoms with E-state index >= 15 is 0 Å². The molecule has 1 amide bonds. The quantitative estimate of drug-likeness (QED) is 0.300. The maximum absolute atomic E-state index is 13.2. The second-order valence-electron chi connectivity index (χ2n) is 9.00. The number of carbonyl (C=O) groups is 2. The SMILES string of the molecule is CCOc1cc([C@@H]2C(=C(O)c3ccc(OC(C)C)cc3)C(=O)C(=O)N2CCCN(C)C)ccc1O. The Bertz CT molecular complexity index is 1090. The molecule has 2 aromatic rings. The third kappa shape index (κ3) is 5.95. The number of carbonyl (C=O) groups excluding carboxylic acids is 2. The number of aliphatic hydroxyl groups is 1. The summed E-state index contributed by atoms with van der Waals surface area (Å²) < 4.78 is 11.2. The average Bonchev–Trinajstić information content (AvgIpc) is 3.05. The van der Waals surface area contributed by atoms with Crippen molar-refractivity contribution in [3.8, 4) is 17.2 Å². The topological polar surface area (TPSA) is 99.5 Å². The minimum absolute atomic E-state index is 0.00373. The van der Waals surface area contributed by atoms with Gasteiger partial charge in [-0.1, -0.05) is 6.07 Å². The maximum atomic E-state index is 13.2. The first-order chi connectivity index (χ1) is 16.6. The van der Waals surface area contributed by atoms with Crippen molar-refractivity contribution in [3.05, 3.63) is 59.2 Å². The summed E-state index contributed by atoms with van der Waals surface area (Å²) in [5.41, 5.74) is 0.975. The van der Waals surface area contributed by atoms with Gasteiger partial charge in [0.05, 0.1) is 24.3 Å². The molecule has 0 saturated carbocycles. The van der Waals surface area contributed by atoms with E-state index in [4.69, 9.17) is 9.47 Å². The number of hydrogen-bond acceptors (Lipinski definition) is 7. The number of rotatable bonds is 10. The lowest BCUT2D eigenvalue weighted by atomic mass is 9.95. The molecule has 1 saturated heterocycles. The second kappa shape index (κ2) is 11.3. The molecule has 0 spiro atoms. The van der Waals surface area contributed by atoms with E-state index in [0.29, 0.717) is 36.4 Å². The van der Waals surface area contributed by atoms with Crippen molar-refractivity contribution in [1.29, 1.82) is 0 Å². The van der Waals surface area contributed by atoms with Crippen molar-refractivity contribution in [1.82, 2.24) is 9.80 Å². The van der Waals surface area contributed by atoms with E-state index in [1.807, 2.05) is 32.8 Å². The molecule has 0 radical (unpaired) electrons. The summed E-state index contributed by atoms with van der Waals surface area (Å²) in [4.78, 5) is 29.7. The molecule has 3 rings (SSSR count). The van der Waals surface area contributed by atoms with Crippen LogP contribution in [0.25, 0.3) is 5.76 Å². The predicted octanol–water partition coefficient (Wildman–Crippen LogP) is 3.95. The molecule has 35 heavy (non-hydrogen) atoms. The zero-order valence-corrected chi connectivity index (χ0v) is 20.9. The van der Waals surface area contributed by atoms with Crippen molar-refractivity contribution in [2.24, 2.45) is 0 Å². The summed E-state index contributed by atoms with van der Waals surface area (Å²) >= 11 is 0. The monoisotopic (exact) mass is 482 g/mol. The first kappa shape index (κ1) is 26.1. The Labute approximate surface area is 206 Å². The fourth-order valence-corrected chi connectivity index (χ4v) is 4.11. The number of aromatic hydroxyl groups is 1. The van der Waals surface area contributed by atoms with Crippen LogP contribution >= 0.6 is 0 Å². The normalized spacial score (nSPS) is 17.5. The minimum Gasteiger partial charge on any atom is -0.507 e. The van der Waals surface area contributed by atoms with Gasteiger partial charge in [-0.2, -0.15) is 0 Å². The van der Waals surface area contributed by atoms with Crippen molar-refractivity contribution < 1.29 is 29.3 Å². The maximum Gasteiger partial charge on any atom is 0.295 e. The van der Waals surface area contributed by atoms with Gasteiger partial charge < -0.3 is 29.5 Å². The molecule has 8 heteroatoms. The van der Waals surface area contributed by atoms with Crippen LogP contribution in [-0.4, -0.2) is 71.6 Å². The smallest absolute Gasteiger partial charge is 0.295 e. The molecule has 0 aromatic heterocycles. The number of ketones is 1. The molecule has 0 aliphatic carbocycles. The first-order valence-electron chi connectivity index (χ1n) is 11.8. The molecule has 1 fully saturated rings. The summed E-state index contributed by atoms with van der Waals surface area (Å²) in [5, 5.41) is 21.4. The van der Waals surface area contributed by atoms with Crippen molar-refractivity contribution >= 4 is 17.4 Å². The van der Waals surface area contributed by atoms with E-state index < -0.39 is 17.7 Å². The summed E-state index contributed by atoms with van der Waals surface area (Å²) in [6, 6.07) is 10.6. The third-order valence-electron chi connectivity index (χ3n) is 5.64. The summed E-state index contributed by atoms with van der Waals surface area (Å²) in [6.45, 7) is 7.03. The Hall–Kier alpha value is -3.52. The lowest BCUT2D eigenvalue weighted by Crippen LogP contribution is -2.32. The highest BCUT2D eigenvalue weighted by Crippen LogP contribution is 2.42. The Morgan fingerprint density at radius 3 is 2.40 bits per heavy atom. The van der Waals surface area contributed by atoms with Crippen LogP contribution in [0.4, 0.5) is 0 Å². The van der Waals surface area contributed by atoms with Crippen LogP contribution in [0.3, 0.4) is 0 Å². The number of likely N-dealkylation sites (tertiary alicyclic amines) is 1. The minimum atomic E-state index is -0.816. The number of hydrogen-bond donors (Lipinski definition) is 2. The van der Waals surface area contributed by atoms with Gasteiger partial charge in [-0.15, -0.1) is 0 Å². The molecule has 1 aliphatic heterocycles. The van der Waals surface area contributed by atoms with Crippen LogP contribution in [-0.2, 0) is 9.59 Å². The van der Waals surface area contributed by atoms with Gasteiger partial charge in [-0.3, -0.25) is 9.59 Å². The molecule has 1 atom stereocenters. The Morgan fingerprint density at radius 2 is 1.80 bits per heavy atom. The number of phenols is 1. The number of aliphatic hydroxyl groups excluding tert-OH is 1. The molecular weight excluding hydrogens is 448 g/mol. The lowest BCUT2D eigenvalue weighted by molar-refractivity contribution is -0.139. The molecule has 1 aliphatic rings. The number of ether oxygens (including phenoxy) is 2. The van der Waals surface area contributed by atoms with Crippen LogP contribution in [0, 0.1) is 0 Å². The number of phenolic OH excluding ortho intramolecular Hbond substituents is 1. The van der Waals surface area contributed by atoms with Crippen LogP contribution in [0.1, 0.15) is 44.4 Å². The van der Waals surface area contributed by atoms with Crippen LogP contribution < -0.4 is 9.47 Å². The van der Waals surface area contributed by atoms with E-state index in [1.165, 1.54) is 11.0 Å². The van der Waals surface area contributed by atoms with Gasteiger partial charge in [0.25, 0.3) is 11.7 Å². The Balaban J connectivity index is 2.09. The van der Waals surface area contributed by atoms with Gasteiger partial charge >= 0.3 is 0 Å². The van der Waals surface area contributed by atoms with Crippen molar-refractivity contribution in [3.63, 3.8) is 0 Å². The Morgan fingerprint density at radius 1 is 1.11 bits per heavy atom. The molecule has 2 N–H and O–H groups in total. The zero-order chi connectivity index (χ0) is 25.7. The molecule has 1 heterocycles. The first-order valence-corrected chi connectivity index (χ1v) is 11.8. The van der Waals surface area contributed by atoms with Crippen molar-refractivity contribution in [2.75, 3.05) is 33.8 Å². The number of amides is 1. The third-order valence-corrected chi connectivity index (χ3v) is 5.64. The molecule has 0 bridgehead atoms. The van der Waals surface area contributed by atoms with Gasteiger partial charge in [-0.25, -0.2) is 0 Å². The predicted molar refractivity (Wildman–Crippen MR) is 134 cm³/mol. The average molecular weight is 483 g/mol. The number of Topliss-reactive ketones (excluding diaryl/α,β-unsaturated/α-hetero) is 1. The Kier molecular flexibility index (Phi) is 8.40. The van der Waals surface area contributed by atoms with Gasteiger partial charge in [-0.05, 0) is 89.8 Å². The van der Waals surface area contributed by atoms with Crippen LogP contribution in [0.2, 0.25) is 0 Å². The second-order valence-corrected chi connectivity index (χ2v) is 9.00. The van der Waals surface area contributed by atoms with E-state index in [-0.39, 0.29) is 28.9 Å². The van der Waals surface area contributed by atoms with Crippen LogP contribution in [0.5, 0.6) is 17.2 Å². The molecule has 2 aromatic carbocycles. The van der Waals surface area contributed by atoms with E-state index in [1.54, 1.807) is 43.3 Å². The van der Waals surface area contributed by atoms with Gasteiger partial charge in [0, 0.05) is 12.1 Å². The number of benzene rings is 2. The van der Waals surface area contributed by atoms with Crippen molar-refractivity contribution in [2.45, 2.75) is 39.3 Å². The fourth-order valence-electron chi connectivity index (χ4n) is 4.11. The van der Waals surface area contributed by atoms with Gasteiger partial charge in [0.1, 0.15) is 11.5 Å². The summed E-state index contributed by atoms with van der Waals surface area (Å²) in [5.74, 6) is -0.824. The van der Waals surface area contributed by atoms with Gasteiger partial charge in [0.2, 0.25) is 0 Å². The fraction of sp³-hybridized carbons (Fsp3) is 0.407. The molecule has 188 valence electrons. The molecule has 8 nitrogen and oxygen atoms in total. The highest BCUT2D eigenvalue weighted by atomic mass is 16.5. The van der Waals surface area contributed by atoms with E-state index in [9.17, 15) is 19.8 Å². The number of nitrogens with zero attached hydrogens (tertiary/aromatic N) is 2. The van der Waals surface area contributed by atoms with Gasteiger partial charge in [0.15, 0.2) is 11.5 Å². The van der Waals surface area contributed by atoms with E-state index in [2.05, 4.69) is 0 Å². The highest BCUT2D eigenvalue weighted by Gasteiger charge is 2.46. The zero-order valence-electron chi connectivity index (χ0n) is 20.9. The summed E-state index contributed by atoms with van der Waals surface area (Å²) in [6.07, 6.45) is 0.643. The summed E-state index contributed by atoms with van der Waals surface area (Å²) in [7, 11) is 3.87. The largest absolute Gasteiger partial charge is 0.507 e. The molecule has 0 unspecified atom stereocenters. The highest BCUT2D eigenvalue weighted by molar-refractivity contribution is 6.46. The molecular formula is C27H34N2O6. The lowest BCUT2D eigenvalue weighted by Gasteiger charge is -2.26. The van der Waals surface area contributed by atoms with Crippen LogP contribution in [0.15, 0.2) is 48.0 Å². The van der Waals surface area contributed by atoms with E-state index in [0.717, 1.165) is 6.54 Å². The standard InChI is InChI=1S/C27H34N2O6/c1-6-34-22-16-19(10-13-21(22)30)24-23(26(32)27(33)29(24)15-7-14-28(4)5)25(31)18-8-11-20(12-9-18)35-17(2)3/h8-13,16-17,24,30-31H,6-7,14-15H2,1-5H3/t24-/m1/s1.